The van der Waals surface area contributed by atoms with Gasteiger partial charge in [0.25, 0.3) is 0 Å². The molecule has 0 radical (unpaired) electrons. The third kappa shape index (κ3) is 6.13. The summed E-state index contributed by atoms with van der Waals surface area (Å²) in [5.41, 5.74) is 2.76. The fourth-order valence-electron chi connectivity index (χ4n) is 3.54. The first-order valence-electron chi connectivity index (χ1n) is 11.1. The first kappa shape index (κ1) is 24.2. The maximum atomic E-state index is 13.4. The first-order chi connectivity index (χ1) is 16.8. The van der Waals surface area contributed by atoms with Gasteiger partial charge in [-0.1, -0.05) is 49.4 Å². The number of nitrogens with one attached hydrogen (secondary N) is 1. The van der Waals surface area contributed by atoms with Crippen LogP contribution >= 0.6 is 0 Å². The van der Waals surface area contributed by atoms with Crippen molar-refractivity contribution in [2.75, 3.05) is 11.1 Å². The molecule has 0 bridgehead atoms. The molecule has 0 aliphatic rings. The third-order valence-corrected chi connectivity index (χ3v) is 7.17. The van der Waals surface area contributed by atoms with Crippen LogP contribution in [0.2, 0.25) is 0 Å². The van der Waals surface area contributed by atoms with Gasteiger partial charge in [0.1, 0.15) is 17.3 Å². The van der Waals surface area contributed by atoms with Crippen LogP contribution in [-0.4, -0.2) is 20.1 Å². The van der Waals surface area contributed by atoms with E-state index in [9.17, 15) is 17.6 Å². The Balaban J connectivity index is 1.55. The largest absolute Gasteiger partial charge is 0.457 e. The minimum Gasteiger partial charge on any atom is -0.457 e. The fourth-order valence-corrected chi connectivity index (χ4v) is 4.42. The second kappa shape index (κ2) is 10.5. The molecule has 0 aliphatic heterocycles. The average Bonchev–Trinajstić information content (AvgIpc) is 2.86. The van der Waals surface area contributed by atoms with E-state index in [4.69, 9.17) is 4.74 Å². The minimum atomic E-state index is -3.29. The Morgan fingerprint density at radius 2 is 1.57 bits per heavy atom. The van der Waals surface area contributed by atoms with Crippen LogP contribution in [0, 0.1) is 5.82 Å². The second-order valence-corrected chi connectivity index (χ2v) is 10.2. The highest BCUT2D eigenvalue weighted by Gasteiger charge is 2.13. The standard InChI is InChI=1S/C28H24FNO4S/c1-2-35(32,33)25-15-8-20(9-16-25)18-28(31)30-23-14-17-26(21-10-12-22(29)13-11-21)27(19-23)34-24-6-4-3-5-7-24/h3-17,19H,2,18H2,1H3,(H,30,31). The molecule has 0 saturated carbocycles. The normalized spacial score (nSPS) is 11.1. The van der Waals surface area contributed by atoms with Crippen molar-refractivity contribution in [2.24, 2.45) is 0 Å². The van der Waals surface area contributed by atoms with Gasteiger partial charge in [0, 0.05) is 17.3 Å². The molecule has 0 fully saturated rings. The SMILES string of the molecule is CCS(=O)(=O)c1ccc(CC(=O)Nc2ccc(-c3ccc(F)cc3)c(Oc3ccccc3)c2)cc1. The molecular weight excluding hydrogens is 465 g/mol. The molecule has 1 amide bonds. The van der Waals surface area contributed by atoms with Gasteiger partial charge in [-0.15, -0.1) is 0 Å². The topological polar surface area (TPSA) is 72.5 Å². The van der Waals surface area contributed by atoms with E-state index >= 15 is 0 Å². The summed E-state index contributed by atoms with van der Waals surface area (Å²) in [6.45, 7) is 1.59. The molecule has 0 atom stereocenters. The van der Waals surface area contributed by atoms with Gasteiger partial charge in [-0.3, -0.25) is 4.79 Å². The highest BCUT2D eigenvalue weighted by atomic mass is 32.2. The lowest BCUT2D eigenvalue weighted by Crippen LogP contribution is -2.14. The monoisotopic (exact) mass is 489 g/mol. The van der Waals surface area contributed by atoms with E-state index in [2.05, 4.69) is 5.32 Å². The number of ether oxygens (including phenoxy) is 1. The van der Waals surface area contributed by atoms with Gasteiger partial charge in [0.05, 0.1) is 17.1 Å². The van der Waals surface area contributed by atoms with Crippen LogP contribution in [-0.2, 0) is 21.1 Å². The highest BCUT2D eigenvalue weighted by molar-refractivity contribution is 7.91. The molecule has 0 unspecified atom stereocenters. The van der Waals surface area contributed by atoms with Crippen LogP contribution in [0.5, 0.6) is 11.5 Å². The molecule has 4 aromatic rings. The molecule has 4 aromatic carbocycles. The van der Waals surface area contributed by atoms with Crippen molar-refractivity contribution in [3.05, 3.63) is 108 Å². The van der Waals surface area contributed by atoms with Crippen LogP contribution in [0.15, 0.2) is 102 Å². The lowest BCUT2D eigenvalue weighted by Gasteiger charge is -2.14. The van der Waals surface area contributed by atoms with E-state index in [0.717, 1.165) is 11.1 Å². The van der Waals surface area contributed by atoms with Crippen LogP contribution in [0.1, 0.15) is 12.5 Å². The zero-order valence-electron chi connectivity index (χ0n) is 19.1. The Kier molecular flexibility index (Phi) is 7.27. The quantitative estimate of drug-likeness (QED) is 0.317. The molecule has 0 saturated heterocycles. The predicted octanol–water partition coefficient (Wildman–Crippen LogP) is 6.26. The van der Waals surface area contributed by atoms with Crippen molar-refractivity contribution in [1.82, 2.24) is 0 Å². The summed E-state index contributed by atoms with van der Waals surface area (Å²) in [7, 11) is -3.29. The predicted molar refractivity (Wildman–Crippen MR) is 135 cm³/mol. The van der Waals surface area contributed by atoms with Crippen LogP contribution < -0.4 is 10.1 Å². The smallest absolute Gasteiger partial charge is 0.228 e. The maximum Gasteiger partial charge on any atom is 0.228 e. The number of sulfone groups is 1. The van der Waals surface area contributed by atoms with Crippen molar-refractivity contribution in [3.8, 4) is 22.6 Å². The van der Waals surface area contributed by atoms with E-state index in [-0.39, 0.29) is 28.8 Å². The number of hydrogen-bond acceptors (Lipinski definition) is 4. The van der Waals surface area contributed by atoms with Crippen molar-refractivity contribution < 1.29 is 22.3 Å². The lowest BCUT2D eigenvalue weighted by atomic mass is 10.0. The minimum absolute atomic E-state index is 0.0220. The Labute approximate surface area is 204 Å². The Morgan fingerprint density at radius 3 is 2.23 bits per heavy atom. The third-order valence-electron chi connectivity index (χ3n) is 5.42. The van der Waals surface area contributed by atoms with E-state index < -0.39 is 9.84 Å². The average molecular weight is 490 g/mol. The summed E-state index contributed by atoms with van der Waals surface area (Å²) in [6, 6.07) is 27.0. The van der Waals surface area contributed by atoms with E-state index in [1.807, 2.05) is 36.4 Å². The molecular formula is C28H24FNO4S. The van der Waals surface area contributed by atoms with Gasteiger partial charge in [-0.25, -0.2) is 12.8 Å². The number of para-hydroxylation sites is 1. The van der Waals surface area contributed by atoms with Gasteiger partial charge in [-0.05, 0) is 59.7 Å². The van der Waals surface area contributed by atoms with Crippen LogP contribution in [0.4, 0.5) is 10.1 Å². The lowest BCUT2D eigenvalue weighted by molar-refractivity contribution is -0.115. The molecule has 0 heterocycles. The number of amides is 1. The van der Waals surface area contributed by atoms with Gasteiger partial charge >= 0.3 is 0 Å². The van der Waals surface area contributed by atoms with Gasteiger partial charge in [0.15, 0.2) is 9.84 Å². The number of rotatable bonds is 8. The van der Waals surface area contributed by atoms with Crippen LogP contribution in [0.25, 0.3) is 11.1 Å². The number of carbonyl (C=O) groups is 1. The van der Waals surface area contributed by atoms with Crippen molar-refractivity contribution >= 4 is 21.4 Å². The van der Waals surface area contributed by atoms with Gasteiger partial charge < -0.3 is 10.1 Å². The molecule has 0 aromatic heterocycles. The summed E-state index contributed by atoms with van der Waals surface area (Å²) < 4.78 is 43.5. The fraction of sp³-hybridized carbons (Fsp3) is 0.107. The van der Waals surface area contributed by atoms with Gasteiger partial charge in [0.2, 0.25) is 5.91 Å². The van der Waals surface area contributed by atoms with E-state index in [1.165, 1.54) is 24.3 Å². The van der Waals surface area contributed by atoms with Gasteiger partial charge in [-0.2, -0.15) is 0 Å². The molecule has 7 heteroatoms. The maximum absolute atomic E-state index is 13.4. The summed E-state index contributed by atoms with van der Waals surface area (Å²) >= 11 is 0. The molecule has 35 heavy (non-hydrogen) atoms. The number of hydrogen-bond donors (Lipinski definition) is 1. The molecule has 0 aliphatic carbocycles. The second-order valence-electron chi connectivity index (χ2n) is 7.91. The Bertz CT molecular complexity index is 1420. The molecule has 5 nitrogen and oxygen atoms in total. The van der Waals surface area contributed by atoms with Crippen molar-refractivity contribution in [2.45, 2.75) is 18.2 Å². The Hall–Kier alpha value is -3.97. The summed E-state index contributed by atoms with van der Waals surface area (Å²) in [5, 5.41) is 2.86. The number of benzene rings is 4. The Morgan fingerprint density at radius 1 is 0.886 bits per heavy atom. The number of halogens is 1. The van der Waals surface area contributed by atoms with E-state index in [1.54, 1.807) is 43.3 Å². The van der Waals surface area contributed by atoms with Crippen molar-refractivity contribution in [3.63, 3.8) is 0 Å². The first-order valence-corrected chi connectivity index (χ1v) is 12.7. The highest BCUT2D eigenvalue weighted by Crippen LogP contribution is 2.35. The number of carbonyl (C=O) groups excluding carboxylic acids is 1. The zero-order chi connectivity index (χ0) is 24.8. The number of anilines is 1. The molecule has 178 valence electrons. The summed E-state index contributed by atoms with van der Waals surface area (Å²) in [4.78, 5) is 12.9. The van der Waals surface area contributed by atoms with Crippen molar-refractivity contribution in [1.29, 1.82) is 0 Å². The molecule has 1 N–H and O–H groups in total. The summed E-state index contributed by atoms with van der Waals surface area (Å²) in [6.07, 6.45) is 0.0844. The summed E-state index contributed by atoms with van der Waals surface area (Å²) in [5.74, 6) is 0.574. The zero-order valence-corrected chi connectivity index (χ0v) is 19.9. The molecule has 4 rings (SSSR count). The molecule has 0 spiro atoms. The van der Waals surface area contributed by atoms with Crippen LogP contribution in [0.3, 0.4) is 0 Å². The van der Waals surface area contributed by atoms with E-state index in [0.29, 0.717) is 22.7 Å².